The smallest absolute Gasteiger partial charge is 0.0640 e. The monoisotopic (exact) mass is 649 g/mol. The van der Waals surface area contributed by atoms with Crippen LogP contribution in [0.4, 0.5) is 0 Å². The van der Waals surface area contributed by atoms with Crippen LogP contribution in [0, 0.1) is 0 Å². The highest BCUT2D eigenvalue weighted by Crippen LogP contribution is 2.50. The second kappa shape index (κ2) is 9.69. The highest BCUT2D eigenvalue weighted by Gasteiger charge is 2.23. The molecule has 0 amide bonds. The van der Waals surface area contributed by atoms with E-state index in [9.17, 15) is 0 Å². The Bertz CT molecular complexity index is 3240. The van der Waals surface area contributed by atoms with Crippen molar-refractivity contribution in [1.82, 2.24) is 4.57 Å². The van der Waals surface area contributed by atoms with Crippen molar-refractivity contribution in [3.05, 3.63) is 164 Å². The van der Waals surface area contributed by atoms with E-state index in [0.717, 1.165) is 0 Å². The summed E-state index contributed by atoms with van der Waals surface area (Å²) < 4.78 is 5.21. The number of para-hydroxylation sites is 1. The average Bonchev–Trinajstić information content (AvgIpc) is 3.84. The second-order valence-corrected chi connectivity index (χ2v) is 14.7. The maximum Gasteiger partial charge on any atom is 0.0640 e. The second-order valence-electron chi connectivity index (χ2n) is 13.6. The normalized spacial score (nSPS) is 12.4. The van der Waals surface area contributed by atoms with Gasteiger partial charge in [0.2, 0.25) is 0 Å². The van der Waals surface area contributed by atoms with Crippen molar-refractivity contribution in [2.75, 3.05) is 0 Å². The third-order valence-electron chi connectivity index (χ3n) is 11.1. The molecule has 0 saturated heterocycles. The van der Waals surface area contributed by atoms with Gasteiger partial charge < -0.3 is 4.57 Å². The van der Waals surface area contributed by atoms with Crippen LogP contribution in [0.1, 0.15) is 0 Å². The van der Waals surface area contributed by atoms with Crippen molar-refractivity contribution in [2.24, 2.45) is 0 Å². The van der Waals surface area contributed by atoms with E-state index >= 15 is 0 Å². The Balaban J connectivity index is 1.10. The number of fused-ring (bicyclic) bond motifs is 14. The molecule has 0 spiro atoms. The first-order valence-electron chi connectivity index (χ1n) is 17.3. The highest BCUT2D eigenvalue weighted by molar-refractivity contribution is 7.27. The molecule has 2 heteroatoms. The van der Waals surface area contributed by atoms with Crippen molar-refractivity contribution in [3.63, 3.8) is 0 Å². The zero-order chi connectivity index (χ0) is 32.5. The number of nitrogens with zero attached hydrogens (tertiary/aromatic N) is 1. The number of rotatable bonds is 2. The van der Waals surface area contributed by atoms with E-state index in [1.807, 2.05) is 11.3 Å². The van der Waals surface area contributed by atoms with E-state index < -0.39 is 0 Å². The van der Waals surface area contributed by atoms with Crippen LogP contribution < -0.4 is 0 Å². The van der Waals surface area contributed by atoms with Crippen LogP contribution in [0.2, 0.25) is 0 Å². The van der Waals surface area contributed by atoms with Crippen LogP contribution in [0.5, 0.6) is 0 Å². The standard InChI is InChI=1S/C48H27NS/c1-2-11-34-33(10-1)36-17-9-16-35-32(24-25-38(34)44(35)36)30-21-20-29-27-31(23-22-28(29)26-30)49-42-18-7-5-14-40(42)45-37-12-3-4-13-39(37)48-46(47(45)49)41-15-6-8-19-43(41)50-48/h1-27H. The molecule has 2 aromatic heterocycles. The molecule has 50 heavy (non-hydrogen) atoms. The third kappa shape index (κ3) is 3.41. The number of benzene rings is 9. The Morgan fingerprint density at radius 2 is 1.02 bits per heavy atom. The molecule has 230 valence electrons. The van der Waals surface area contributed by atoms with Gasteiger partial charge in [-0.2, -0.15) is 0 Å². The molecular weight excluding hydrogens is 623 g/mol. The third-order valence-corrected chi connectivity index (χ3v) is 12.3. The fourth-order valence-corrected chi connectivity index (χ4v) is 10.2. The van der Waals surface area contributed by atoms with Crippen molar-refractivity contribution >= 4 is 85.6 Å². The van der Waals surface area contributed by atoms with Crippen molar-refractivity contribution in [2.45, 2.75) is 0 Å². The van der Waals surface area contributed by atoms with Gasteiger partial charge in [-0.3, -0.25) is 0 Å². The van der Waals surface area contributed by atoms with Gasteiger partial charge in [0.05, 0.1) is 11.0 Å². The van der Waals surface area contributed by atoms with Gasteiger partial charge in [-0.25, -0.2) is 0 Å². The van der Waals surface area contributed by atoms with Crippen LogP contribution >= 0.6 is 11.3 Å². The molecule has 2 heterocycles. The predicted molar refractivity (Wildman–Crippen MR) is 216 cm³/mol. The SMILES string of the molecule is c1ccc2c(c1)-c1cccc3c(-c4ccc5cc(-n6c7ccccc7c7c8ccccc8c8sc9ccccc9c8c76)ccc5c4)ccc-2c13. The minimum Gasteiger partial charge on any atom is -0.309 e. The first kappa shape index (κ1) is 26.7. The van der Waals surface area contributed by atoms with Gasteiger partial charge in [-0.1, -0.05) is 133 Å². The maximum atomic E-state index is 2.52. The Morgan fingerprint density at radius 3 is 1.90 bits per heavy atom. The summed E-state index contributed by atoms with van der Waals surface area (Å²) in [5.41, 5.74) is 11.6. The van der Waals surface area contributed by atoms with E-state index in [-0.39, 0.29) is 0 Å². The highest BCUT2D eigenvalue weighted by atomic mass is 32.1. The molecule has 0 bridgehead atoms. The Kier molecular flexibility index (Phi) is 5.18. The van der Waals surface area contributed by atoms with Gasteiger partial charge in [0.25, 0.3) is 0 Å². The average molecular weight is 650 g/mol. The van der Waals surface area contributed by atoms with Gasteiger partial charge in [-0.05, 0) is 90.6 Å². The zero-order valence-corrected chi connectivity index (χ0v) is 27.8. The van der Waals surface area contributed by atoms with E-state index in [4.69, 9.17) is 0 Å². The first-order chi connectivity index (χ1) is 24.8. The molecule has 9 aromatic carbocycles. The lowest BCUT2D eigenvalue weighted by atomic mass is 9.93. The molecule has 0 fully saturated rings. The molecule has 0 aliphatic heterocycles. The number of thiophene rings is 1. The molecule has 0 unspecified atom stereocenters. The van der Waals surface area contributed by atoms with Gasteiger partial charge >= 0.3 is 0 Å². The summed E-state index contributed by atoms with van der Waals surface area (Å²) in [6.45, 7) is 0. The molecule has 1 nitrogen and oxygen atoms in total. The quantitative estimate of drug-likeness (QED) is 0.176. The fourth-order valence-electron chi connectivity index (χ4n) is 8.99. The summed E-state index contributed by atoms with van der Waals surface area (Å²) in [6.07, 6.45) is 0. The van der Waals surface area contributed by atoms with E-state index in [2.05, 4.69) is 168 Å². The summed E-state index contributed by atoms with van der Waals surface area (Å²) >= 11 is 1.91. The minimum absolute atomic E-state index is 1.19. The summed E-state index contributed by atoms with van der Waals surface area (Å²) in [5, 5.41) is 13.1. The Morgan fingerprint density at radius 1 is 0.380 bits per heavy atom. The fraction of sp³-hybridized carbons (Fsp3) is 0. The van der Waals surface area contributed by atoms with Crippen molar-refractivity contribution < 1.29 is 0 Å². The summed E-state index contributed by atoms with van der Waals surface area (Å²) in [5.74, 6) is 0. The molecule has 1 aliphatic carbocycles. The number of hydrogen-bond donors (Lipinski definition) is 0. The predicted octanol–water partition coefficient (Wildman–Crippen LogP) is 13.9. The molecule has 1 aliphatic rings. The maximum absolute atomic E-state index is 2.52. The zero-order valence-electron chi connectivity index (χ0n) is 26.9. The van der Waals surface area contributed by atoms with E-state index in [0.29, 0.717) is 0 Å². The van der Waals surface area contributed by atoms with Gasteiger partial charge in [0, 0.05) is 42.0 Å². The van der Waals surface area contributed by atoms with Crippen LogP contribution in [-0.2, 0) is 0 Å². The molecule has 0 N–H and O–H groups in total. The summed E-state index contributed by atoms with van der Waals surface area (Å²) in [4.78, 5) is 0. The van der Waals surface area contributed by atoms with Crippen LogP contribution in [0.3, 0.4) is 0 Å². The minimum atomic E-state index is 1.19. The Labute approximate surface area is 291 Å². The van der Waals surface area contributed by atoms with Crippen LogP contribution in [0.25, 0.3) is 113 Å². The molecule has 0 atom stereocenters. The summed E-state index contributed by atoms with van der Waals surface area (Å²) in [7, 11) is 0. The van der Waals surface area contributed by atoms with Gasteiger partial charge in [0.1, 0.15) is 0 Å². The lowest BCUT2D eigenvalue weighted by molar-refractivity contribution is 1.19. The van der Waals surface area contributed by atoms with E-state index in [1.165, 1.54) is 113 Å². The molecule has 0 radical (unpaired) electrons. The topological polar surface area (TPSA) is 4.93 Å². The first-order valence-corrected chi connectivity index (χ1v) is 18.1. The van der Waals surface area contributed by atoms with Gasteiger partial charge in [0.15, 0.2) is 0 Å². The van der Waals surface area contributed by atoms with E-state index in [1.54, 1.807) is 0 Å². The molecule has 11 aromatic rings. The molecule has 0 saturated carbocycles. The lowest BCUT2D eigenvalue weighted by Crippen LogP contribution is -1.94. The van der Waals surface area contributed by atoms with Gasteiger partial charge in [-0.15, -0.1) is 11.3 Å². The van der Waals surface area contributed by atoms with Crippen LogP contribution in [-0.4, -0.2) is 4.57 Å². The molecular formula is C48H27NS. The van der Waals surface area contributed by atoms with Crippen LogP contribution in [0.15, 0.2) is 164 Å². The number of hydrogen-bond acceptors (Lipinski definition) is 1. The molecule has 12 rings (SSSR count). The summed E-state index contributed by atoms with van der Waals surface area (Å²) in [6, 6.07) is 61.0. The number of aromatic nitrogens is 1. The van der Waals surface area contributed by atoms with Crippen molar-refractivity contribution in [3.8, 4) is 39.1 Å². The Hall–Kier alpha value is -6.22. The lowest BCUT2D eigenvalue weighted by Gasteiger charge is -2.13. The largest absolute Gasteiger partial charge is 0.309 e. The van der Waals surface area contributed by atoms with Crippen molar-refractivity contribution in [1.29, 1.82) is 0 Å².